The Kier molecular flexibility index (Phi) is 5.68. The molecule has 0 aliphatic carbocycles. The number of hydrogen-bond donors (Lipinski definition) is 2. The number of benzene rings is 1. The lowest BCUT2D eigenvalue weighted by molar-refractivity contribution is 0.0938. The summed E-state index contributed by atoms with van der Waals surface area (Å²) in [4.78, 5) is 16.7. The van der Waals surface area contributed by atoms with Crippen molar-refractivity contribution in [3.63, 3.8) is 0 Å². The molecule has 1 saturated heterocycles. The quantitative estimate of drug-likeness (QED) is 0.828. The third-order valence-electron chi connectivity index (χ3n) is 4.28. The Hall–Kier alpha value is -2.67. The standard InChI is InChI=1S/C19H21FN2O4/c1-25-16-11-14(15-3-2-10-26-15)22-17(18(16)23)19(24)21-9-8-12-4-6-13(20)7-5-12/h4-7,11,15,23H,2-3,8-10H2,1H3,(H,21,24). The van der Waals surface area contributed by atoms with Crippen molar-refractivity contribution in [2.75, 3.05) is 20.3 Å². The summed E-state index contributed by atoms with van der Waals surface area (Å²) in [5.74, 6) is -0.907. The van der Waals surface area contributed by atoms with E-state index in [0.29, 0.717) is 25.3 Å². The van der Waals surface area contributed by atoms with Gasteiger partial charge in [-0.15, -0.1) is 0 Å². The summed E-state index contributed by atoms with van der Waals surface area (Å²) in [5, 5.41) is 13.0. The van der Waals surface area contributed by atoms with Crippen LogP contribution in [0, 0.1) is 5.82 Å². The van der Waals surface area contributed by atoms with Gasteiger partial charge in [0.2, 0.25) is 0 Å². The first-order valence-corrected chi connectivity index (χ1v) is 8.50. The molecule has 1 amide bonds. The topological polar surface area (TPSA) is 80.7 Å². The van der Waals surface area contributed by atoms with Crippen molar-refractivity contribution in [1.29, 1.82) is 0 Å². The first-order chi connectivity index (χ1) is 12.6. The van der Waals surface area contributed by atoms with Crippen LogP contribution in [0.2, 0.25) is 0 Å². The number of aromatic nitrogens is 1. The third kappa shape index (κ3) is 4.11. The van der Waals surface area contributed by atoms with E-state index in [9.17, 15) is 14.3 Å². The summed E-state index contributed by atoms with van der Waals surface area (Å²) in [6, 6.07) is 7.68. The fourth-order valence-corrected chi connectivity index (χ4v) is 2.88. The molecule has 1 atom stereocenters. The highest BCUT2D eigenvalue weighted by atomic mass is 19.1. The molecule has 0 saturated carbocycles. The number of methoxy groups -OCH3 is 1. The van der Waals surface area contributed by atoms with E-state index in [4.69, 9.17) is 9.47 Å². The van der Waals surface area contributed by atoms with Crippen molar-refractivity contribution in [2.45, 2.75) is 25.4 Å². The molecular weight excluding hydrogens is 339 g/mol. The van der Waals surface area contributed by atoms with Gasteiger partial charge >= 0.3 is 0 Å². The zero-order valence-corrected chi connectivity index (χ0v) is 14.5. The van der Waals surface area contributed by atoms with Gasteiger partial charge in [0.05, 0.1) is 18.9 Å². The van der Waals surface area contributed by atoms with E-state index < -0.39 is 5.91 Å². The molecule has 0 bridgehead atoms. The van der Waals surface area contributed by atoms with E-state index in [0.717, 1.165) is 18.4 Å². The molecule has 7 heteroatoms. The Labute approximate surface area is 151 Å². The van der Waals surface area contributed by atoms with Crippen LogP contribution >= 0.6 is 0 Å². The molecule has 1 aromatic carbocycles. The lowest BCUT2D eigenvalue weighted by atomic mass is 10.1. The number of nitrogens with one attached hydrogen (secondary N) is 1. The highest BCUT2D eigenvalue weighted by molar-refractivity contribution is 5.95. The number of ether oxygens (including phenoxy) is 2. The van der Waals surface area contributed by atoms with E-state index in [-0.39, 0.29) is 29.1 Å². The molecule has 1 unspecified atom stereocenters. The molecule has 3 rings (SSSR count). The molecule has 2 heterocycles. The van der Waals surface area contributed by atoms with Crippen LogP contribution in [0.25, 0.3) is 0 Å². The van der Waals surface area contributed by atoms with Gasteiger partial charge in [0.15, 0.2) is 17.2 Å². The summed E-state index contributed by atoms with van der Waals surface area (Å²) in [6.07, 6.45) is 2.08. The normalized spacial score (nSPS) is 16.5. The van der Waals surface area contributed by atoms with Gasteiger partial charge in [-0.05, 0) is 37.0 Å². The van der Waals surface area contributed by atoms with E-state index in [1.807, 2.05) is 0 Å². The minimum Gasteiger partial charge on any atom is -0.503 e. The summed E-state index contributed by atoms with van der Waals surface area (Å²) in [5.41, 5.74) is 1.38. The molecule has 6 nitrogen and oxygen atoms in total. The highest BCUT2D eigenvalue weighted by Gasteiger charge is 2.25. The van der Waals surface area contributed by atoms with E-state index in [2.05, 4.69) is 10.3 Å². The minimum absolute atomic E-state index is 0.0889. The van der Waals surface area contributed by atoms with Crippen molar-refractivity contribution in [3.05, 3.63) is 53.1 Å². The third-order valence-corrected chi connectivity index (χ3v) is 4.28. The van der Waals surface area contributed by atoms with Crippen LogP contribution in [0.1, 0.15) is 40.7 Å². The number of aromatic hydroxyl groups is 1. The van der Waals surface area contributed by atoms with Gasteiger partial charge in [-0.3, -0.25) is 4.79 Å². The van der Waals surface area contributed by atoms with Crippen LogP contribution in [0.3, 0.4) is 0 Å². The molecular formula is C19H21FN2O4. The van der Waals surface area contributed by atoms with Crippen LogP contribution in [0.4, 0.5) is 4.39 Å². The van der Waals surface area contributed by atoms with Crippen molar-refractivity contribution in [2.24, 2.45) is 0 Å². The van der Waals surface area contributed by atoms with Crippen LogP contribution in [-0.2, 0) is 11.2 Å². The average molecular weight is 360 g/mol. The molecule has 26 heavy (non-hydrogen) atoms. The fourth-order valence-electron chi connectivity index (χ4n) is 2.88. The fraction of sp³-hybridized carbons (Fsp3) is 0.368. The predicted octanol–water partition coefficient (Wildman–Crippen LogP) is 2.76. The average Bonchev–Trinajstić information content (AvgIpc) is 3.18. The first-order valence-electron chi connectivity index (χ1n) is 8.50. The maximum absolute atomic E-state index is 12.9. The van der Waals surface area contributed by atoms with Gasteiger partial charge in [0, 0.05) is 19.2 Å². The van der Waals surface area contributed by atoms with Crippen LogP contribution in [-0.4, -0.2) is 36.3 Å². The molecule has 1 aliphatic heterocycles. The van der Waals surface area contributed by atoms with Gasteiger partial charge in [-0.2, -0.15) is 0 Å². The molecule has 2 aromatic rings. The molecule has 1 aromatic heterocycles. The van der Waals surface area contributed by atoms with Crippen molar-refractivity contribution >= 4 is 5.91 Å². The summed E-state index contributed by atoms with van der Waals surface area (Å²) < 4.78 is 23.7. The van der Waals surface area contributed by atoms with Crippen molar-refractivity contribution in [3.8, 4) is 11.5 Å². The Balaban J connectivity index is 1.70. The first kappa shape index (κ1) is 18.1. The lowest BCUT2D eigenvalue weighted by Gasteiger charge is -2.14. The second kappa shape index (κ2) is 8.14. The van der Waals surface area contributed by atoms with E-state index in [1.54, 1.807) is 18.2 Å². The monoisotopic (exact) mass is 360 g/mol. The minimum atomic E-state index is -0.497. The van der Waals surface area contributed by atoms with Crippen molar-refractivity contribution < 1.29 is 23.8 Å². The SMILES string of the molecule is COc1cc(C2CCCO2)nc(C(=O)NCCc2ccc(F)cc2)c1O. The number of amides is 1. The number of hydrogen-bond acceptors (Lipinski definition) is 5. The van der Waals surface area contributed by atoms with Gasteiger partial charge < -0.3 is 19.9 Å². The number of rotatable bonds is 6. The van der Waals surface area contributed by atoms with Gasteiger partial charge in [0.1, 0.15) is 5.82 Å². The maximum atomic E-state index is 12.9. The van der Waals surface area contributed by atoms with E-state index in [1.165, 1.54) is 19.2 Å². The number of pyridine rings is 1. The molecule has 1 fully saturated rings. The van der Waals surface area contributed by atoms with Gasteiger partial charge in [0.25, 0.3) is 5.91 Å². The van der Waals surface area contributed by atoms with Gasteiger partial charge in [-0.25, -0.2) is 9.37 Å². The zero-order chi connectivity index (χ0) is 18.5. The van der Waals surface area contributed by atoms with E-state index >= 15 is 0 Å². The second-order valence-corrected chi connectivity index (χ2v) is 6.08. The van der Waals surface area contributed by atoms with Crippen LogP contribution in [0.15, 0.2) is 30.3 Å². The highest BCUT2D eigenvalue weighted by Crippen LogP contribution is 2.35. The zero-order valence-electron chi connectivity index (χ0n) is 14.5. The molecule has 0 radical (unpaired) electrons. The maximum Gasteiger partial charge on any atom is 0.273 e. The summed E-state index contributed by atoms with van der Waals surface area (Å²) >= 11 is 0. The van der Waals surface area contributed by atoms with Crippen LogP contribution < -0.4 is 10.1 Å². The predicted molar refractivity (Wildman–Crippen MR) is 92.8 cm³/mol. The van der Waals surface area contributed by atoms with Crippen LogP contribution in [0.5, 0.6) is 11.5 Å². The van der Waals surface area contributed by atoms with Gasteiger partial charge in [-0.1, -0.05) is 12.1 Å². The molecule has 2 N–H and O–H groups in total. The largest absolute Gasteiger partial charge is 0.503 e. The number of halogens is 1. The Bertz CT molecular complexity index is 774. The Morgan fingerprint density at radius 2 is 2.19 bits per heavy atom. The summed E-state index contributed by atoms with van der Waals surface area (Å²) in [6.45, 7) is 0.979. The second-order valence-electron chi connectivity index (χ2n) is 6.08. The smallest absolute Gasteiger partial charge is 0.273 e. The number of carbonyl (C=O) groups excluding carboxylic acids is 1. The molecule has 1 aliphatic rings. The number of nitrogens with zero attached hydrogens (tertiary/aromatic N) is 1. The summed E-state index contributed by atoms with van der Waals surface area (Å²) in [7, 11) is 1.42. The number of carbonyl (C=O) groups is 1. The Morgan fingerprint density at radius 3 is 2.85 bits per heavy atom. The molecule has 138 valence electrons. The Morgan fingerprint density at radius 1 is 1.42 bits per heavy atom. The molecule has 0 spiro atoms. The van der Waals surface area contributed by atoms with Crippen molar-refractivity contribution in [1.82, 2.24) is 10.3 Å². The lowest BCUT2D eigenvalue weighted by Crippen LogP contribution is -2.27.